The molecule has 0 spiro atoms. The number of rotatable bonds is 5. The van der Waals surface area contributed by atoms with Crippen LogP contribution in [0.5, 0.6) is 11.5 Å². The van der Waals surface area contributed by atoms with Crippen molar-refractivity contribution in [3.63, 3.8) is 0 Å². The molecule has 2 aromatic carbocycles. The third kappa shape index (κ3) is 4.39. The monoisotopic (exact) mass is 359 g/mol. The second kappa shape index (κ2) is 7.70. The predicted molar refractivity (Wildman–Crippen MR) is 98.5 cm³/mol. The lowest BCUT2D eigenvalue weighted by Crippen LogP contribution is -2.29. The molecule has 132 valence electrons. The summed E-state index contributed by atoms with van der Waals surface area (Å²) in [6, 6.07) is 13.1. The molecule has 0 saturated heterocycles. The maximum absolute atomic E-state index is 12.5. The van der Waals surface area contributed by atoms with E-state index >= 15 is 0 Å². The number of amides is 1. The first-order valence-corrected chi connectivity index (χ1v) is 9.54. The molecule has 1 aliphatic rings. The summed E-state index contributed by atoms with van der Waals surface area (Å²) < 4.78 is 23.4. The van der Waals surface area contributed by atoms with Crippen molar-refractivity contribution in [3.8, 4) is 11.5 Å². The molecule has 0 aromatic heterocycles. The standard InChI is InChI=1S/C19H21NO4S/c1-13-3-5-15(6-4-13)12-25(22)14(2)19(21)20-16-7-8-17-18(11-16)24-10-9-23-17/h3-8,11,14H,9-10,12H2,1-2H3,(H,20,21)/t14-,25+/m1/s1. The zero-order valence-corrected chi connectivity index (χ0v) is 15.1. The van der Waals surface area contributed by atoms with E-state index in [2.05, 4.69) is 5.32 Å². The molecule has 3 rings (SSSR count). The number of aryl methyl sites for hydroxylation is 1. The molecule has 25 heavy (non-hydrogen) atoms. The van der Waals surface area contributed by atoms with Crippen LogP contribution in [0.25, 0.3) is 0 Å². The summed E-state index contributed by atoms with van der Waals surface area (Å²) in [4.78, 5) is 12.4. The molecule has 1 heterocycles. The Labute approximate surface area is 149 Å². The molecule has 1 aliphatic heterocycles. The molecule has 1 N–H and O–H groups in total. The average molecular weight is 359 g/mol. The molecule has 0 aliphatic carbocycles. The maximum Gasteiger partial charge on any atom is 0.239 e. The zero-order valence-electron chi connectivity index (χ0n) is 14.3. The molecule has 0 fully saturated rings. The van der Waals surface area contributed by atoms with Crippen molar-refractivity contribution in [2.75, 3.05) is 18.5 Å². The molecule has 0 radical (unpaired) electrons. The first-order chi connectivity index (χ1) is 12.0. The molecule has 1 amide bonds. The van der Waals surface area contributed by atoms with E-state index in [0.29, 0.717) is 36.2 Å². The van der Waals surface area contributed by atoms with Crippen LogP contribution in [0.15, 0.2) is 42.5 Å². The second-order valence-electron chi connectivity index (χ2n) is 6.00. The van der Waals surface area contributed by atoms with E-state index in [1.807, 2.05) is 31.2 Å². The van der Waals surface area contributed by atoms with Crippen molar-refractivity contribution in [1.29, 1.82) is 0 Å². The quantitative estimate of drug-likeness (QED) is 0.891. The van der Waals surface area contributed by atoms with Gasteiger partial charge in [0.05, 0.1) is 0 Å². The van der Waals surface area contributed by atoms with Gasteiger partial charge in [0.2, 0.25) is 5.91 Å². The molecule has 6 heteroatoms. The fourth-order valence-electron chi connectivity index (χ4n) is 2.46. The van der Waals surface area contributed by atoms with Gasteiger partial charge in [-0.1, -0.05) is 29.8 Å². The molecule has 0 saturated carbocycles. The van der Waals surface area contributed by atoms with Crippen LogP contribution >= 0.6 is 0 Å². The van der Waals surface area contributed by atoms with Gasteiger partial charge < -0.3 is 14.8 Å². The van der Waals surface area contributed by atoms with E-state index in [0.717, 1.165) is 11.1 Å². The van der Waals surface area contributed by atoms with E-state index < -0.39 is 16.0 Å². The first-order valence-electron chi connectivity index (χ1n) is 8.16. The maximum atomic E-state index is 12.5. The number of benzene rings is 2. The number of hydrogen-bond donors (Lipinski definition) is 1. The van der Waals surface area contributed by atoms with Crippen molar-refractivity contribution in [2.45, 2.75) is 24.9 Å². The third-order valence-electron chi connectivity index (χ3n) is 4.00. The Morgan fingerprint density at radius 1 is 1.12 bits per heavy atom. The minimum Gasteiger partial charge on any atom is -0.486 e. The second-order valence-corrected chi connectivity index (χ2v) is 7.76. The largest absolute Gasteiger partial charge is 0.486 e. The summed E-state index contributed by atoms with van der Waals surface area (Å²) in [5.41, 5.74) is 2.72. The van der Waals surface area contributed by atoms with Crippen LogP contribution in [0.1, 0.15) is 18.1 Å². The van der Waals surface area contributed by atoms with Crippen molar-refractivity contribution >= 4 is 22.4 Å². The molecule has 0 unspecified atom stereocenters. The van der Waals surface area contributed by atoms with Crippen LogP contribution in [0.3, 0.4) is 0 Å². The molecular weight excluding hydrogens is 338 g/mol. The van der Waals surface area contributed by atoms with Crippen LogP contribution in [-0.2, 0) is 21.3 Å². The van der Waals surface area contributed by atoms with Crippen molar-refractivity contribution in [1.82, 2.24) is 0 Å². The molecule has 5 nitrogen and oxygen atoms in total. The third-order valence-corrected chi connectivity index (χ3v) is 5.62. The number of nitrogens with one attached hydrogen (secondary N) is 1. The van der Waals surface area contributed by atoms with E-state index in [1.54, 1.807) is 25.1 Å². The van der Waals surface area contributed by atoms with Gasteiger partial charge in [0.25, 0.3) is 0 Å². The fourth-order valence-corrected chi connectivity index (χ4v) is 3.53. The average Bonchev–Trinajstić information content (AvgIpc) is 2.62. The summed E-state index contributed by atoms with van der Waals surface area (Å²) in [5.74, 6) is 1.36. The summed E-state index contributed by atoms with van der Waals surface area (Å²) in [6.45, 7) is 4.69. The van der Waals surface area contributed by atoms with Gasteiger partial charge >= 0.3 is 0 Å². The van der Waals surface area contributed by atoms with Gasteiger partial charge in [-0.25, -0.2) is 0 Å². The normalized spacial score (nSPS) is 15.3. The summed E-state index contributed by atoms with van der Waals surface area (Å²) in [5, 5.41) is 2.18. The highest BCUT2D eigenvalue weighted by Gasteiger charge is 2.21. The van der Waals surface area contributed by atoms with Crippen molar-refractivity contribution < 1.29 is 18.5 Å². The SMILES string of the molecule is Cc1ccc(C[S@](=O)[C@H](C)C(=O)Nc2ccc3c(c2)OCCO3)cc1. The summed E-state index contributed by atoms with van der Waals surface area (Å²) >= 11 is 0. The van der Waals surface area contributed by atoms with E-state index in [4.69, 9.17) is 9.47 Å². The van der Waals surface area contributed by atoms with Crippen LogP contribution in [0.2, 0.25) is 0 Å². The lowest BCUT2D eigenvalue weighted by molar-refractivity contribution is -0.115. The summed E-state index contributed by atoms with van der Waals surface area (Å²) in [6.07, 6.45) is 0. The Bertz CT molecular complexity index is 789. The van der Waals surface area contributed by atoms with Crippen LogP contribution < -0.4 is 14.8 Å². The van der Waals surface area contributed by atoms with Crippen molar-refractivity contribution in [3.05, 3.63) is 53.6 Å². The number of ether oxygens (including phenoxy) is 2. The number of carbonyl (C=O) groups excluding carboxylic acids is 1. The van der Waals surface area contributed by atoms with E-state index in [-0.39, 0.29) is 5.91 Å². The van der Waals surface area contributed by atoms with Gasteiger partial charge in [-0.15, -0.1) is 0 Å². The highest BCUT2D eigenvalue weighted by Crippen LogP contribution is 2.32. The number of anilines is 1. The summed E-state index contributed by atoms with van der Waals surface area (Å²) in [7, 11) is -1.30. The topological polar surface area (TPSA) is 64.6 Å². The Hall–Kier alpha value is -2.34. The molecular formula is C19H21NO4S. The van der Waals surface area contributed by atoms with Gasteiger partial charge in [-0.05, 0) is 31.5 Å². The number of fused-ring (bicyclic) bond motifs is 1. The molecule has 2 aromatic rings. The Morgan fingerprint density at radius 3 is 2.52 bits per heavy atom. The molecule has 0 bridgehead atoms. The lowest BCUT2D eigenvalue weighted by atomic mass is 10.2. The smallest absolute Gasteiger partial charge is 0.239 e. The number of hydrogen-bond acceptors (Lipinski definition) is 4. The molecule has 2 atom stereocenters. The highest BCUT2D eigenvalue weighted by molar-refractivity contribution is 7.85. The Kier molecular flexibility index (Phi) is 5.38. The predicted octanol–water partition coefficient (Wildman–Crippen LogP) is 3.04. The van der Waals surface area contributed by atoms with Gasteiger partial charge in [-0.2, -0.15) is 0 Å². The zero-order chi connectivity index (χ0) is 17.8. The lowest BCUT2D eigenvalue weighted by Gasteiger charge is -2.19. The van der Waals surface area contributed by atoms with E-state index in [1.165, 1.54) is 0 Å². The number of carbonyl (C=O) groups is 1. The van der Waals surface area contributed by atoms with Crippen LogP contribution in [0.4, 0.5) is 5.69 Å². The van der Waals surface area contributed by atoms with Gasteiger partial charge in [0, 0.05) is 28.3 Å². The van der Waals surface area contributed by atoms with Gasteiger partial charge in [0.1, 0.15) is 18.5 Å². The van der Waals surface area contributed by atoms with Crippen LogP contribution in [0, 0.1) is 6.92 Å². The first kappa shape index (κ1) is 17.5. The Morgan fingerprint density at radius 2 is 1.80 bits per heavy atom. The van der Waals surface area contributed by atoms with Gasteiger partial charge in [-0.3, -0.25) is 9.00 Å². The minimum absolute atomic E-state index is 0.276. The highest BCUT2D eigenvalue weighted by atomic mass is 32.2. The van der Waals surface area contributed by atoms with Crippen molar-refractivity contribution in [2.24, 2.45) is 0 Å². The van der Waals surface area contributed by atoms with Crippen LogP contribution in [-0.4, -0.2) is 28.6 Å². The minimum atomic E-state index is -1.30. The fraction of sp³-hybridized carbons (Fsp3) is 0.316. The van der Waals surface area contributed by atoms with E-state index in [9.17, 15) is 9.00 Å². The Balaban J connectivity index is 1.62. The van der Waals surface area contributed by atoms with Gasteiger partial charge in [0.15, 0.2) is 11.5 Å².